The van der Waals surface area contributed by atoms with Crippen molar-refractivity contribution in [2.75, 3.05) is 13.2 Å². The Kier molecular flexibility index (Phi) is 64.8. The molecule has 0 aliphatic heterocycles. The Balaban J connectivity index is 4.33. The molecule has 0 aliphatic rings. The smallest absolute Gasteiger partial charge is 0.306 e. The second-order valence-electron chi connectivity index (χ2n) is 22.0. The highest BCUT2D eigenvalue weighted by molar-refractivity contribution is 5.71. The number of allylic oxidation sites excluding steroid dienone is 24. The maximum absolute atomic E-state index is 12.9. The quantitative estimate of drug-likeness (QED) is 0.0261. The van der Waals surface area contributed by atoms with E-state index in [1.165, 1.54) is 122 Å². The predicted molar refractivity (Wildman–Crippen MR) is 357 cm³/mol. The zero-order valence-corrected chi connectivity index (χ0v) is 53.2. The van der Waals surface area contributed by atoms with E-state index >= 15 is 0 Å². The highest BCUT2D eigenvalue weighted by atomic mass is 16.6. The molecule has 0 rings (SSSR count). The topological polar surface area (TPSA) is 78.9 Å². The molecule has 1 unspecified atom stereocenters. The monoisotopic (exact) mass is 1130 g/mol. The summed E-state index contributed by atoms with van der Waals surface area (Å²) >= 11 is 0. The lowest BCUT2D eigenvalue weighted by molar-refractivity contribution is -0.166. The molecule has 6 heteroatoms. The van der Waals surface area contributed by atoms with E-state index in [9.17, 15) is 14.4 Å². The molecule has 82 heavy (non-hydrogen) atoms. The third-order valence-corrected chi connectivity index (χ3v) is 14.1. The maximum Gasteiger partial charge on any atom is 0.306 e. The van der Waals surface area contributed by atoms with E-state index < -0.39 is 12.1 Å². The number of unbranched alkanes of at least 4 members (excludes halogenated alkanes) is 25. The summed E-state index contributed by atoms with van der Waals surface area (Å²) in [5, 5.41) is 0. The molecule has 1 atom stereocenters. The summed E-state index contributed by atoms with van der Waals surface area (Å²) in [6.45, 7) is 6.31. The largest absolute Gasteiger partial charge is 0.462 e. The number of carbonyl (C=O) groups excluding carboxylic acids is 3. The van der Waals surface area contributed by atoms with Gasteiger partial charge >= 0.3 is 17.9 Å². The summed E-state index contributed by atoms with van der Waals surface area (Å²) in [6, 6.07) is 0. The van der Waals surface area contributed by atoms with E-state index in [-0.39, 0.29) is 31.6 Å². The highest BCUT2D eigenvalue weighted by Gasteiger charge is 2.19. The second kappa shape index (κ2) is 68.8. The van der Waals surface area contributed by atoms with Crippen LogP contribution in [0.4, 0.5) is 0 Å². The molecule has 464 valence electrons. The number of hydrogen-bond acceptors (Lipinski definition) is 6. The van der Waals surface area contributed by atoms with Gasteiger partial charge in [0.2, 0.25) is 0 Å². The van der Waals surface area contributed by atoms with Gasteiger partial charge in [-0.3, -0.25) is 14.4 Å². The van der Waals surface area contributed by atoms with Crippen LogP contribution in [0.3, 0.4) is 0 Å². The molecule has 0 spiro atoms. The summed E-state index contributed by atoms with van der Waals surface area (Å²) in [6.07, 6.45) is 98.9. The van der Waals surface area contributed by atoms with Gasteiger partial charge in [0.1, 0.15) is 13.2 Å². The Labute approximate surface area is 506 Å². The SMILES string of the molecule is CC/C=C\C/C=C\C/C=C\C/C=C\C/C=C\C/C=C\CCC(=O)OC(COC(=O)CCCCCCC/C=C\C/C=C\CCCC)COC(=O)CCCCCCCCCCCCCCCCCCCC/C=C\C/C=C\C/C=C\C/C=C\CC. The first kappa shape index (κ1) is 77.3. The second-order valence-corrected chi connectivity index (χ2v) is 22.0. The fraction of sp³-hybridized carbons (Fsp3) is 0.645. The van der Waals surface area contributed by atoms with Gasteiger partial charge in [-0.2, -0.15) is 0 Å². The summed E-state index contributed by atoms with van der Waals surface area (Å²) in [5.74, 6) is -1.01. The normalized spacial score (nSPS) is 13.1. The average molecular weight is 1130 g/mol. The molecule has 0 bridgehead atoms. The highest BCUT2D eigenvalue weighted by Crippen LogP contribution is 2.16. The Morgan fingerprint density at radius 3 is 0.793 bits per heavy atom. The van der Waals surface area contributed by atoms with Crippen LogP contribution in [0.15, 0.2) is 146 Å². The fourth-order valence-corrected chi connectivity index (χ4v) is 9.07. The maximum atomic E-state index is 12.9. The van der Waals surface area contributed by atoms with Crippen LogP contribution in [0.1, 0.15) is 297 Å². The van der Waals surface area contributed by atoms with E-state index in [2.05, 4.69) is 161 Å². The number of carbonyl (C=O) groups is 3. The minimum Gasteiger partial charge on any atom is -0.462 e. The Morgan fingerprint density at radius 1 is 0.256 bits per heavy atom. The standard InChI is InChI=1S/C76H124O6/c1-4-7-10-13-16-19-22-25-28-30-32-33-34-35-36-37-38-39-40-41-42-43-45-46-48-51-54-57-60-63-66-69-75(78)81-72-73(71-80-74(77)68-65-62-59-56-53-50-27-24-21-18-15-12-9-6-3)82-76(79)70-67-64-61-58-55-52-49-47-44-31-29-26-23-20-17-14-11-8-5-2/h7-8,10-11,15-20,24-29,32-33,44,47,52,55,61,64,73H,4-6,9,12-14,21-23,30-31,34-43,45-46,48-51,53-54,56-60,62-63,65-72H2,1-3H3/b10-7-,11-8-,18-15-,19-16-,20-17-,27-24-,28-25-,29-26-,33-32-,47-44-,55-52-,64-61-. The summed E-state index contributed by atoms with van der Waals surface area (Å²) in [7, 11) is 0. The van der Waals surface area contributed by atoms with Gasteiger partial charge in [0, 0.05) is 19.3 Å². The van der Waals surface area contributed by atoms with Crippen molar-refractivity contribution in [1.29, 1.82) is 0 Å². The van der Waals surface area contributed by atoms with Crippen molar-refractivity contribution >= 4 is 17.9 Å². The average Bonchev–Trinajstić information content (AvgIpc) is 3.47. The minimum atomic E-state index is -0.830. The van der Waals surface area contributed by atoms with Crippen LogP contribution in [-0.4, -0.2) is 37.2 Å². The van der Waals surface area contributed by atoms with Gasteiger partial charge < -0.3 is 14.2 Å². The van der Waals surface area contributed by atoms with Gasteiger partial charge in [0.15, 0.2) is 6.10 Å². The minimum absolute atomic E-state index is 0.115. The zero-order valence-electron chi connectivity index (χ0n) is 53.2. The molecule has 0 aromatic carbocycles. The third-order valence-electron chi connectivity index (χ3n) is 14.1. The number of rotatable bonds is 60. The lowest BCUT2D eigenvalue weighted by Crippen LogP contribution is -2.30. The summed E-state index contributed by atoms with van der Waals surface area (Å²) in [4.78, 5) is 38.3. The van der Waals surface area contributed by atoms with Gasteiger partial charge in [-0.05, 0) is 122 Å². The van der Waals surface area contributed by atoms with Crippen LogP contribution in [-0.2, 0) is 28.6 Å². The zero-order chi connectivity index (χ0) is 59.2. The number of hydrogen-bond donors (Lipinski definition) is 0. The molecule has 0 saturated carbocycles. The van der Waals surface area contributed by atoms with Gasteiger partial charge in [-0.1, -0.05) is 301 Å². The molecule has 0 amide bonds. The van der Waals surface area contributed by atoms with Crippen LogP contribution < -0.4 is 0 Å². The van der Waals surface area contributed by atoms with Crippen LogP contribution in [0.2, 0.25) is 0 Å². The molecule has 0 saturated heterocycles. The van der Waals surface area contributed by atoms with Crippen molar-refractivity contribution in [1.82, 2.24) is 0 Å². The lowest BCUT2D eigenvalue weighted by atomic mass is 10.0. The summed E-state index contributed by atoms with van der Waals surface area (Å²) < 4.78 is 16.9. The first-order valence-corrected chi connectivity index (χ1v) is 33.8. The Morgan fingerprint density at radius 2 is 0.500 bits per heavy atom. The van der Waals surface area contributed by atoms with E-state index in [1.807, 2.05) is 6.08 Å². The van der Waals surface area contributed by atoms with E-state index in [0.29, 0.717) is 19.3 Å². The van der Waals surface area contributed by atoms with Crippen molar-refractivity contribution in [3.05, 3.63) is 146 Å². The van der Waals surface area contributed by atoms with E-state index in [0.717, 1.165) is 128 Å². The molecular weight excluding hydrogens is 1010 g/mol. The van der Waals surface area contributed by atoms with Crippen molar-refractivity contribution in [2.45, 2.75) is 303 Å². The Hall–Kier alpha value is -4.71. The molecule has 0 aromatic rings. The first-order chi connectivity index (χ1) is 40.5. The molecule has 0 heterocycles. The van der Waals surface area contributed by atoms with Crippen LogP contribution in [0.25, 0.3) is 0 Å². The molecule has 6 nitrogen and oxygen atoms in total. The fourth-order valence-electron chi connectivity index (χ4n) is 9.07. The molecule has 0 fully saturated rings. The van der Waals surface area contributed by atoms with Crippen molar-refractivity contribution in [3.8, 4) is 0 Å². The molecular formula is C76H124O6. The third kappa shape index (κ3) is 66.1. The van der Waals surface area contributed by atoms with Crippen molar-refractivity contribution < 1.29 is 28.6 Å². The van der Waals surface area contributed by atoms with Crippen LogP contribution in [0, 0.1) is 0 Å². The van der Waals surface area contributed by atoms with E-state index in [1.54, 1.807) is 0 Å². The Bertz CT molecular complexity index is 1780. The van der Waals surface area contributed by atoms with Gasteiger partial charge in [0.25, 0.3) is 0 Å². The molecule has 0 aliphatic carbocycles. The molecule has 0 N–H and O–H groups in total. The number of ether oxygens (including phenoxy) is 3. The summed E-state index contributed by atoms with van der Waals surface area (Å²) in [5.41, 5.74) is 0. The molecule has 0 radical (unpaired) electrons. The van der Waals surface area contributed by atoms with E-state index in [4.69, 9.17) is 14.2 Å². The number of esters is 3. The van der Waals surface area contributed by atoms with Crippen LogP contribution in [0.5, 0.6) is 0 Å². The predicted octanol–water partition coefficient (Wildman–Crippen LogP) is 23.5. The van der Waals surface area contributed by atoms with Crippen molar-refractivity contribution in [3.63, 3.8) is 0 Å². The van der Waals surface area contributed by atoms with Gasteiger partial charge in [0.05, 0.1) is 0 Å². The lowest BCUT2D eigenvalue weighted by Gasteiger charge is -2.18. The first-order valence-electron chi connectivity index (χ1n) is 33.8. The van der Waals surface area contributed by atoms with Crippen LogP contribution >= 0.6 is 0 Å². The van der Waals surface area contributed by atoms with Gasteiger partial charge in [-0.15, -0.1) is 0 Å². The van der Waals surface area contributed by atoms with Crippen molar-refractivity contribution in [2.24, 2.45) is 0 Å². The van der Waals surface area contributed by atoms with Gasteiger partial charge in [-0.25, -0.2) is 0 Å². The molecule has 0 aromatic heterocycles.